The molecule has 0 atom stereocenters. The van der Waals surface area contributed by atoms with Gasteiger partial charge in [0.1, 0.15) is 0 Å². The van der Waals surface area contributed by atoms with Crippen molar-refractivity contribution in [2.24, 2.45) is 0 Å². The molecule has 2 rings (SSSR count). The van der Waals surface area contributed by atoms with E-state index in [-0.39, 0.29) is 0 Å². The molecule has 1 N–H and O–H groups in total. The minimum absolute atomic E-state index is 0.356. The summed E-state index contributed by atoms with van der Waals surface area (Å²) in [5, 5.41) is 9.12. The molecule has 0 bridgehead atoms. The van der Waals surface area contributed by atoms with E-state index in [1.54, 1.807) is 6.07 Å². The number of aryl methyl sites for hydroxylation is 3. The number of benzene rings is 1. The third-order valence-electron chi connectivity index (χ3n) is 2.98. The Bertz CT molecular complexity index is 562. The molecule has 0 radical (unpaired) electrons. The Hall–Kier alpha value is -2.03. The van der Waals surface area contributed by atoms with Gasteiger partial charge in [0.05, 0.1) is 5.56 Å². The van der Waals surface area contributed by atoms with Gasteiger partial charge in [-0.15, -0.1) is 0 Å². The molecule has 88 valence electrons. The number of nitrogens with zero attached hydrogens (tertiary/aromatic N) is 1. The Morgan fingerprint density at radius 3 is 2.18 bits per heavy atom. The highest BCUT2D eigenvalue weighted by atomic mass is 16.4. The smallest absolute Gasteiger partial charge is 0.336 e. The molecule has 0 aliphatic carbocycles. The van der Waals surface area contributed by atoms with Crippen LogP contribution in [0.2, 0.25) is 0 Å². The Labute approximate surface area is 100 Å². The molecule has 0 saturated heterocycles. The Balaban J connectivity index is 2.62. The Morgan fingerprint density at radius 2 is 1.65 bits per heavy atom. The first kappa shape index (κ1) is 11.5. The van der Waals surface area contributed by atoms with Gasteiger partial charge in [0.25, 0.3) is 0 Å². The Kier molecular flexibility index (Phi) is 2.76. The Morgan fingerprint density at radius 1 is 1.06 bits per heavy atom. The average molecular weight is 229 g/mol. The van der Waals surface area contributed by atoms with E-state index in [1.807, 2.05) is 49.6 Å². The maximum absolute atomic E-state index is 11.1. The maximum Gasteiger partial charge on any atom is 0.336 e. The second-order valence-electron chi connectivity index (χ2n) is 4.26. The van der Waals surface area contributed by atoms with Crippen LogP contribution in [0.15, 0.2) is 30.3 Å². The molecule has 1 aromatic heterocycles. The fourth-order valence-corrected chi connectivity index (χ4v) is 2.06. The highest BCUT2D eigenvalue weighted by Crippen LogP contribution is 2.19. The highest BCUT2D eigenvalue weighted by molar-refractivity contribution is 5.90. The molecule has 17 heavy (non-hydrogen) atoms. The van der Waals surface area contributed by atoms with Crippen molar-refractivity contribution < 1.29 is 9.90 Å². The summed E-state index contributed by atoms with van der Waals surface area (Å²) in [6, 6.07) is 9.56. The summed E-state index contributed by atoms with van der Waals surface area (Å²) >= 11 is 0. The third kappa shape index (κ3) is 1.96. The molecule has 3 nitrogen and oxygen atoms in total. The largest absolute Gasteiger partial charge is 0.478 e. The van der Waals surface area contributed by atoms with Crippen LogP contribution in [-0.4, -0.2) is 15.6 Å². The van der Waals surface area contributed by atoms with Gasteiger partial charge in [-0.05, 0) is 50.6 Å². The summed E-state index contributed by atoms with van der Waals surface area (Å²) in [5.41, 5.74) is 4.23. The van der Waals surface area contributed by atoms with Gasteiger partial charge in [0.15, 0.2) is 0 Å². The van der Waals surface area contributed by atoms with E-state index < -0.39 is 5.97 Å². The van der Waals surface area contributed by atoms with Gasteiger partial charge in [-0.3, -0.25) is 0 Å². The number of aromatic carboxylic acids is 1. The third-order valence-corrected chi connectivity index (χ3v) is 2.98. The fraction of sp³-hybridized carbons (Fsp3) is 0.214. The first-order chi connectivity index (χ1) is 8.00. The molecular formula is C14H15NO2. The minimum atomic E-state index is -0.883. The van der Waals surface area contributed by atoms with Crippen molar-refractivity contribution in [2.45, 2.75) is 20.8 Å². The summed E-state index contributed by atoms with van der Waals surface area (Å²) in [4.78, 5) is 11.1. The molecule has 0 aliphatic heterocycles. The second-order valence-corrected chi connectivity index (χ2v) is 4.26. The first-order valence-corrected chi connectivity index (χ1v) is 5.50. The van der Waals surface area contributed by atoms with Crippen LogP contribution in [0.1, 0.15) is 27.3 Å². The second kappa shape index (κ2) is 4.09. The lowest BCUT2D eigenvalue weighted by Crippen LogP contribution is -2.04. The quantitative estimate of drug-likeness (QED) is 0.859. The lowest BCUT2D eigenvalue weighted by atomic mass is 10.1. The van der Waals surface area contributed by atoms with E-state index in [9.17, 15) is 4.79 Å². The predicted octanol–water partition coefficient (Wildman–Crippen LogP) is 3.10. The molecular weight excluding hydrogens is 214 g/mol. The van der Waals surface area contributed by atoms with Crippen molar-refractivity contribution in [3.05, 3.63) is 52.8 Å². The molecule has 3 heteroatoms. The zero-order valence-corrected chi connectivity index (χ0v) is 10.2. The van der Waals surface area contributed by atoms with Crippen LogP contribution in [0.4, 0.5) is 0 Å². The van der Waals surface area contributed by atoms with E-state index >= 15 is 0 Å². The van der Waals surface area contributed by atoms with Gasteiger partial charge < -0.3 is 9.67 Å². The normalized spacial score (nSPS) is 10.5. The molecule has 2 aromatic rings. The molecule has 0 aliphatic rings. The predicted molar refractivity (Wildman–Crippen MR) is 66.9 cm³/mol. The van der Waals surface area contributed by atoms with E-state index in [1.165, 1.54) is 0 Å². The van der Waals surface area contributed by atoms with Crippen molar-refractivity contribution in [2.75, 3.05) is 0 Å². The van der Waals surface area contributed by atoms with Crippen molar-refractivity contribution >= 4 is 5.97 Å². The van der Waals surface area contributed by atoms with Crippen molar-refractivity contribution in [3.8, 4) is 5.69 Å². The standard InChI is InChI=1S/C14H15NO2/c1-9-4-7-12(8-13(9)14(16)17)15-10(2)5-6-11(15)3/h4-8H,1-3H3,(H,16,17). The van der Waals surface area contributed by atoms with Crippen molar-refractivity contribution in [1.82, 2.24) is 4.57 Å². The molecule has 0 spiro atoms. The van der Waals surface area contributed by atoms with Crippen molar-refractivity contribution in [3.63, 3.8) is 0 Å². The van der Waals surface area contributed by atoms with Gasteiger partial charge >= 0.3 is 5.97 Å². The van der Waals surface area contributed by atoms with Crippen LogP contribution in [0.5, 0.6) is 0 Å². The number of carboxylic acids is 1. The van der Waals surface area contributed by atoms with E-state index in [0.29, 0.717) is 5.56 Å². The van der Waals surface area contributed by atoms with Crippen molar-refractivity contribution in [1.29, 1.82) is 0 Å². The molecule has 0 amide bonds. The van der Waals surface area contributed by atoms with Crippen LogP contribution >= 0.6 is 0 Å². The summed E-state index contributed by atoms with van der Waals surface area (Å²) in [7, 11) is 0. The number of hydrogen-bond donors (Lipinski definition) is 1. The molecule has 1 heterocycles. The van der Waals surface area contributed by atoms with Gasteiger partial charge in [0, 0.05) is 17.1 Å². The number of carboxylic acid groups (broad SMARTS) is 1. The van der Waals surface area contributed by atoms with Gasteiger partial charge in [-0.2, -0.15) is 0 Å². The summed E-state index contributed by atoms with van der Waals surface area (Å²) in [6.07, 6.45) is 0. The molecule has 1 aromatic carbocycles. The van der Waals surface area contributed by atoms with E-state index in [0.717, 1.165) is 22.6 Å². The van der Waals surface area contributed by atoms with Crippen LogP contribution in [0, 0.1) is 20.8 Å². The number of hydrogen-bond acceptors (Lipinski definition) is 1. The molecule has 0 saturated carbocycles. The topological polar surface area (TPSA) is 42.2 Å². The number of rotatable bonds is 2. The van der Waals surface area contributed by atoms with E-state index in [4.69, 9.17) is 5.11 Å². The highest BCUT2D eigenvalue weighted by Gasteiger charge is 2.10. The lowest BCUT2D eigenvalue weighted by molar-refractivity contribution is 0.0696. The van der Waals surface area contributed by atoms with Crippen LogP contribution in [0.3, 0.4) is 0 Å². The summed E-state index contributed by atoms with van der Waals surface area (Å²) < 4.78 is 2.05. The number of aromatic nitrogens is 1. The fourth-order valence-electron chi connectivity index (χ4n) is 2.06. The average Bonchev–Trinajstić information content (AvgIpc) is 2.59. The zero-order valence-electron chi connectivity index (χ0n) is 10.2. The van der Waals surface area contributed by atoms with Crippen LogP contribution in [-0.2, 0) is 0 Å². The molecule has 0 fully saturated rings. The van der Waals surface area contributed by atoms with Gasteiger partial charge in [-0.1, -0.05) is 6.07 Å². The maximum atomic E-state index is 11.1. The minimum Gasteiger partial charge on any atom is -0.478 e. The van der Waals surface area contributed by atoms with Crippen LogP contribution < -0.4 is 0 Å². The SMILES string of the molecule is Cc1ccc(-n2c(C)ccc2C)cc1C(=O)O. The van der Waals surface area contributed by atoms with E-state index in [2.05, 4.69) is 0 Å². The first-order valence-electron chi connectivity index (χ1n) is 5.50. The molecule has 0 unspecified atom stereocenters. The van der Waals surface area contributed by atoms with Gasteiger partial charge in [-0.25, -0.2) is 4.79 Å². The monoisotopic (exact) mass is 229 g/mol. The zero-order chi connectivity index (χ0) is 12.6. The summed E-state index contributed by atoms with van der Waals surface area (Å²) in [5.74, 6) is -0.883. The van der Waals surface area contributed by atoms with Crippen LogP contribution in [0.25, 0.3) is 5.69 Å². The van der Waals surface area contributed by atoms with Gasteiger partial charge in [0.2, 0.25) is 0 Å². The summed E-state index contributed by atoms with van der Waals surface area (Å²) in [6.45, 7) is 5.82. The number of carbonyl (C=O) groups is 1. The lowest BCUT2D eigenvalue weighted by Gasteiger charge is -2.11.